The van der Waals surface area contributed by atoms with Gasteiger partial charge in [0, 0.05) is 31.7 Å². The molecule has 0 radical (unpaired) electrons. The van der Waals surface area contributed by atoms with E-state index in [0.717, 1.165) is 38.9 Å². The smallest absolute Gasteiger partial charge is 0.0710 e. The van der Waals surface area contributed by atoms with Gasteiger partial charge in [-0.2, -0.15) is 0 Å². The van der Waals surface area contributed by atoms with Crippen molar-refractivity contribution in [3.63, 3.8) is 0 Å². The summed E-state index contributed by atoms with van der Waals surface area (Å²) in [6, 6.07) is 1.33. The molecule has 2 atom stereocenters. The number of nitrogens with zero attached hydrogens (tertiary/aromatic N) is 1. The van der Waals surface area contributed by atoms with Crippen molar-refractivity contribution in [2.45, 2.75) is 75.2 Å². The standard InChI is InChI=1S/C17H30N2O2/c1-2-7-17(6-1)8-5-16(21-17)12-19-9-10-20-13-15(19)11-18-14-3-4-14/h14-16,18H,1-13H2. The zero-order valence-corrected chi connectivity index (χ0v) is 13.2. The molecule has 2 saturated heterocycles. The lowest BCUT2D eigenvalue weighted by Crippen LogP contribution is -2.53. The molecular weight excluding hydrogens is 264 g/mol. The van der Waals surface area contributed by atoms with Gasteiger partial charge in [-0.25, -0.2) is 0 Å². The van der Waals surface area contributed by atoms with Crippen molar-refractivity contribution in [2.75, 3.05) is 32.8 Å². The highest BCUT2D eigenvalue weighted by Crippen LogP contribution is 2.43. The number of rotatable bonds is 5. The minimum absolute atomic E-state index is 0.277. The Morgan fingerprint density at radius 1 is 1.10 bits per heavy atom. The molecule has 2 heterocycles. The van der Waals surface area contributed by atoms with E-state index in [1.54, 1.807) is 0 Å². The third-order valence-electron chi connectivity index (χ3n) is 5.86. The third-order valence-corrected chi connectivity index (χ3v) is 5.86. The molecule has 4 nitrogen and oxygen atoms in total. The molecule has 120 valence electrons. The van der Waals surface area contributed by atoms with Gasteiger partial charge in [0.15, 0.2) is 0 Å². The van der Waals surface area contributed by atoms with E-state index in [-0.39, 0.29) is 5.60 Å². The average molecular weight is 294 g/mol. The molecule has 0 aromatic heterocycles. The molecule has 21 heavy (non-hydrogen) atoms. The Bertz CT molecular complexity index is 353. The van der Waals surface area contributed by atoms with Gasteiger partial charge in [-0.15, -0.1) is 0 Å². The van der Waals surface area contributed by atoms with E-state index in [9.17, 15) is 0 Å². The monoisotopic (exact) mass is 294 g/mol. The summed E-state index contributed by atoms with van der Waals surface area (Å²) >= 11 is 0. The van der Waals surface area contributed by atoms with Crippen LogP contribution in [0.15, 0.2) is 0 Å². The topological polar surface area (TPSA) is 33.7 Å². The van der Waals surface area contributed by atoms with E-state index in [1.165, 1.54) is 51.4 Å². The van der Waals surface area contributed by atoms with E-state index in [0.29, 0.717) is 12.1 Å². The van der Waals surface area contributed by atoms with Crippen molar-refractivity contribution < 1.29 is 9.47 Å². The van der Waals surface area contributed by atoms with Crippen LogP contribution in [0.1, 0.15) is 51.4 Å². The second kappa shape index (κ2) is 6.15. The number of hydrogen-bond acceptors (Lipinski definition) is 4. The number of nitrogens with one attached hydrogen (secondary N) is 1. The first kappa shape index (κ1) is 14.4. The summed E-state index contributed by atoms with van der Waals surface area (Å²) in [5, 5.41) is 3.67. The maximum absolute atomic E-state index is 6.50. The van der Waals surface area contributed by atoms with Gasteiger partial charge < -0.3 is 14.8 Å². The van der Waals surface area contributed by atoms with Crippen molar-refractivity contribution in [3.8, 4) is 0 Å². The average Bonchev–Trinajstić information content (AvgIpc) is 3.10. The van der Waals surface area contributed by atoms with Crippen LogP contribution in [0.25, 0.3) is 0 Å². The van der Waals surface area contributed by atoms with Crippen molar-refractivity contribution >= 4 is 0 Å². The van der Waals surface area contributed by atoms with Gasteiger partial charge in [-0.05, 0) is 38.5 Å². The van der Waals surface area contributed by atoms with E-state index in [4.69, 9.17) is 9.47 Å². The van der Waals surface area contributed by atoms with Crippen LogP contribution in [0.3, 0.4) is 0 Å². The van der Waals surface area contributed by atoms with Gasteiger partial charge in [-0.3, -0.25) is 4.90 Å². The molecular formula is C17H30N2O2. The molecule has 4 rings (SSSR count). The highest BCUT2D eigenvalue weighted by molar-refractivity contribution is 4.94. The lowest BCUT2D eigenvalue weighted by atomic mass is 9.98. The van der Waals surface area contributed by atoms with Crippen LogP contribution in [0.5, 0.6) is 0 Å². The van der Waals surface area contributed by atoms with Gasteiger partial charge >= 0.3 is 0 Å². The number of morpholine rings is 1. The highest BCUT2D eigenvalue weighted by Gasteiger charge is 2.43. The van der Waals surface area contributed by atoms with Gasteiger partial charge in [0.25, 0.3) is 0 Å². The summed E-state index contributed by atoms with van der Waals surface area (Å²) in [6.45, 7) is 5.05. The summed E-state index contributed by atoms with van der Waals surface area (Å²) in [4.78, 5) is 2.62. The molecule has 0 amide bonds. The Morgan fingerprint density at radius 2 is 1.95 bits per heavy atom. The van der Waals surface area contributed by atoms with E-state index in [2.05, 4.69) is 10.2 Å². The second-order valence-corrected chi connectivity index (χ2v) is 7.57. The first-order valence-corrected chi connectivity index (χ1v) is 9.06. The fourth-order valence-corrected chi connectivity index (χ4v) is 4.38. The molecule has 1 spiro atoms. The van der Waals surface area contributed by atoms with Gasteiger partial charge in [0.2, 0.25) is 0 Å². The minimum Gasteiger partial charge on any atom is -0.378 e. The van der Waals surface area contributed by atoms with E-state index >= 15 is 0 Å². The molecule has 0 aromatic rings. The lowest BCUT2D eigenvalue weighted by Gasteiger charge is -2.37. The molecule has 2 unspecified atom stereocenters. The van der Waals surface area contributed by atoms with Crippen LogP contribution in [0.2, 0.25) is 0 Å². The molecule has 0 aromatic carbocycles. The Kier molecular flexibility index (Phi) is 4.23. The number of hydrogen-bond donors (Lipinski definition) is 1. The summed E-state index contributed by atoms with van der Waals surface area (Å²) in [5.74, 6) is 0. The van der Waals surface area contributed by atoms with Crippen LogP contribution in [-0.2, 0) is 9.47 Å². The van der Waals surface area contributed by atoms with Crippen LogP contribution in [-0.4, -0.2) is 61.5 Å². The maximum atomic E-state index is 6.50. The van der Waals surface area contributed by atoms with Gasteiger partial charge in [0.05, 0.1) is 24.9 Å². The summed E-state index contributed by atoms with van der Waals surface area (Å²) in [5.41, 5.74) is 0.277. The summed E-state index contributed by atoms with van der Waals surface area (Å²) < 4.78 is 12.2. The molecule has 2 aliphatic carbocycles. The van der Waals surface area contributed by atoms with Crippen LogP contribution >= 0.6 is 0 Å². The molecule has 0 bridgehead atoms. The van der Waals surface area contributed by atoms with Gasteiger partial charge in [-0.1, -0.05) is 12.8 Å². The van der Waals surface area contributed by atoms with Crippen LogP contribution < -0.4 is 5.32 Å². The van der Waals surface area contributed by atoms with Crippen molar-refractivity contribution in [1.82, 2.24) is 10.2 Å². The second-order valence-electron chi connectivity index (χ2n) is 7.57. The summed E-state index contributed by atoms with van der Waals surface area (Å²) in [6.07, 6.45) is 11.1. The fraction of sp³-hybridized carbons (Fsp3) is 1.00. The van der Waals surface area contributed by atoms with Crippen molar-refractivity contribution in [1.29, 1.82) is 0 Å². The lowest BCUT2D eigenvalue weighted by molar-refractivity contribution is -0.0710. The molecule has 2 saturated carbocycles. The molecule has 2 aliphatic heterocycles. The minimum atomic E-state index is 0.277. The van der Waals surface area contributed by atoms with Crippen LogP contribution in [0.4, 0.5) is 0 Å². The van der Waals surface area contributed by atoms with Gasteiger partial charge in [0.1, 0.15) is 0 Å². The molecule has 4 aliphatic rings. The van der Waals surface area contributed by atoms with Crippen molar-refractivity contribution in [3.05, 3.63) is 0 Å². The summed E-state index contributed by atoms with van der Waals surface area (Å²) in [7, 11) is 0. The Balaban J connectivity index is 1.29. The third kappa shape index (κ3) is 3.44. The maximum Gasteiger partial charge on any atom is 0.0710 e. The molecule has 4 fully saturated rings. The molecule has 4 heteroatoms. The SMILES string of the molecule is C1CCC2(C1)CCC(CN1CCOCC1CNC1CC1)O2. The van der Waals surface area contributed by atoms with E-state index < -0.39 is 0 Å². The Morgan fingerprint density at radius 3 is 2.76 bits per heavy atom. The first-order valence-electron chi connectivity index (χ1n) is 9.06. The fourth-order valence-electron chi connectivity index (χ4n) is 4.38. The van der Waals surface area contributed by atoms with Crippen molar-refractivity contribution in [2.24, 2.45) is 0 Å². The largest absolute Gasteiger partial charge is 0.378 e. The predicted molar refractivity (Wildman–Crippen MR) is 82.5 cm³/mol. The Hall–Kier alpha value is -0.160. The first-order chi connectivity index (χ1) is 10.3. The quantitative estimate of drug-likeness (QED) is 0.840. The zero-order valence-electron chi connectivity index (χ0n) is 13.2. The van der Waals surface area contributed by atoms with Crippen LogP contribution in [0, 0.1) is 0 Å². The predicted octanol–water partition coefficient (Wildman–Crippen LogP) is 1.93. The van der Waals surface area contributed by atoms with E-state index in [1.807, 2.05) is 0 Å². The highest BCUT2D eigenvalue weighted by atomic mass is 16.5. The normalized spacial score (nSPS) is 36.6. The molecule has 1 N–H and O–H groups in total. The zero-order chi connectivity index (χ0) is 14.1. The number of ether oxygens (including phenoxy) is 2. The Labute approximate surface area is 128 Å².